The van der Waals surface area contributed by atoms with Crippen LogP contribution in [0.1, 0.15) is 49.7 Å². The monoisotopic (exact) mass is 405 g/mol. The number of alkyl halides is 1. The summed E-state index contributed by atoms with van der Waals surface area (Å²) >= 11 is 0. The van der Waals surface area contributed by atoms with Crippen molar-refractivity contribution in [1.29, 1.82) is 0 Å². The molecule has 2 fully saturated rings. The standard InChI is InChI=1S/C24H24FN3O2/c1-13-2-6-17-21(30-28-22(17)26-16-4-5-16)20(13)14-3-7-18-19(12-14)27-23(29)24(18)10-8-15(25)9-11-24/h2-3,6-7,12,15-16H,4-5,8-11H2,1H3,(H,26,28)(H,27,29). The topological polar surface area (TPSA) is 67.2 Å². The summed E-state index contributed by atoms with van der Waals surface area (Å²) < 4.78 is 19.5. The quantitative estimate of drug-likeness (QED) is 0.606. The molecule has 30 heavy (non-hydrogen) atoms. The fraction of sp³-hybridized carbons (Fsp3) is 0.417. The van der Waals surface area contributed by atoms with Gasteiger partial charge in [-0.2, -0.15) is 0 Å². The maximum absolute atomic E-state index is 13.7. The molecular formula is C24H24FN3O2. The maximum atomic E-state index is 13.7. The van der Waals surface area contributed by atoms with Crippen LogP contribution in [0.15, 0.2) is 34.9 Å². The minimum atomic E-state index is -0.795. The molecule has 3 aliphatic rings. The molecule has 3 aromatic rings. The van der Waals surface area contributed by atoms with Gasteiger partial charge in [0.25, 0.3) is 0 Å². The zero-order chi connectivity index (χ0) is 20.5. The number of anilines is 2. The molecule has 0 unspecified atom stereocenters. The lowest BCUT2D eigenvalue weighted by Gasteiger charge is -2.33. The predicted molar refractivity (Wildman–Crippen MR) is 114 cm³/mol. The van der Waals surface area contributed by atoms with E-state index in [1.807, 2.05) is 12.1 Å². The second kappa shape index (κ2) is 6.30. The molecule has 2 N–H and O–H groups in total. The van der Waals surface area contributed by atoms with Crippen molar-refractivity contribution in [2.75, 3.05) is 10.6 Å². The van der Waals surface area contributed by atoms with Crippen molar-refractivity contribution in [3.05, 3.63) is 41.5 Å². The molecule has 0 atom stereocenters. The summed E-state index contributed by atoms with van der Waals surface area (Å²) in [5.74, 6) is 0.803. The molecule has 2 heterocycles. The van der Waals surface area contributed by atoms with E-state index >= 15 is 0 Å². The minimum Gasteiger partial charge on any atom is -0.364 e. The Morgan fingerprint density at radius 1 is 1.17 bits per heavy atom. The number of aromatic nitrogens is 1. The highest BCUT2D eigenvalue weighted by atomic mass is 19.1. The Balaban J connectivity index is 1.43. The molecule has 1 aliphatic heterocycles. The van der Waals surface area contributed by atoms with Crippen LogP contribution in [0, 0.1) is 6.92 Å². The van der Waals surface area contributed by atoms with Gasteiger partial charge in [-0.1, -0.05) is 23.4 Å². The van der Waals surface area contributed by atoms with Crippen molar-refractivity contribution in [1.82, 2.24) is 5.16 Å². The summed E-state index contributed by atoms with van der Waals surface area (Å²) in [7, 11) is 0. The molecule has 2 aromatic carbocycles. The van der Waals surface area contributed by atoms with Crippen LogP contribution in [0.4, 0.5) is 15.9 Å². The van der Waals surface area contributed by atoms with E-state index in [9.17, 15) is 9.18 Å². The van der Waals surface area contributed by atoms with Crippen LogP contribution in [-0.4, -0.2) is 23.3 Å². The lowest BCUT2D eigenvalue weighted by Crippen LogP contribution is -2.38. The van der Waals surface area contributed by atoms with E-state index in [0.717, 1.165) is 44.7 Å². The van der Waals surface area contributed by atoms with Crippen molar-refractivity contribution in [3.63, 3.8) is 0 Å². The van der Waals surface area contributed by atoms with Crippen LogP contribution in [-0.2, 0) is 10.2 Å². The lowest BCUT2D eigenvalue weighted by molar-refractivity contribution is -0.122. The second-order valence-electron chi connectivity index (χ2n) is 9.06. The van der Waals surface area contributed by atoms with Crippen LogP contribution < -0.4 is 10.6 Å². The first kappa shape index (κ1) is 17.9. The summed E-state index contributed by atoms with van der Waals surface area (Å²) in [5, 5.41) is 11.8. The number of carbonyl (C=O) groups is 1. The number of amides is 1. The number of hydrogen-bond donors (Lipinski definition) is 2. The van der Waals surface area contributed by atoms with Crippen LogP contribution >= 0.6 is 0 Å². The number of nitrogens with one attached hydrogen (secondary N) is 2. The van der Waals surface area contributed by atoms with E-state index in [0.29, 0.717) is 31.7 Å². The summed E-state index contributed by atoms with van der Waals surface area (Å²) in [6, 6.07) is 10.8. The summed E-state index contributed by atoms with van der Waals surface area (Å²) in [5.41, 5.74) is 5.09. The zero-order valence-electron chi connectivity index (χ0n) is 16.9. The van der Waals surface area contributed by atoms with Crippen molar-refractivity contribution in [2.45, 2.75) is 63.1 Å². The van der Waals surface area contributed by atoms with Crippen LogP contribution in [0.25, 0.3) is 22.1 Å². The van der Waals surface area contributed by atoms with Gasteiger partial charge in [0, 0.05) is 17.3 Å². The lowest BCUT2D eigenvalue weighted by atomic mass is 9.69. The molecule has 2 aliphatic carbocycles. The van der Waals surface area contributed by atoms with Crippen LogP contribution in [0.5, 0.6) is 0 Å². The highest BCUT2D eigenvalue weighted by molar-refractivity contribution is 6.08. The summed E-state index contributed by atoms with van der Waals surface area (Å²) in [4.78, 5) is 12.9. The smallest absolute Gasteiger partial charge is 0.235 e. The van der Waals surface area contributed by atoms with Gasteiger partial charge in [0.05, 0.1) is 10.8 Å². The predicted octanol–water partition coefficient (Wildman–Crippen LogP) is 5.48. The first-order chi connectivity index (χ1) is 14.5. The molecule has 0 radical (unpaired) electrons. The Morgan fingerprint density at radius 2 is 1.97 bits per heavy atom. The summed E-state index contributed by atoms with van der Waals surface area (Å²) in [6.45, 7) is 2.06. The van der Waals surface area contributed by atoms with Gasteiger partial charge in [0.1, 0.15) is 6.17 Å². The van der Waals surface area contributed by atoms with Crippen molar-refractivity contribution in [3.8, 4) is 11.1 Å². The SMILES string of the molecule is Cc1ccc2c(NC3CC3)noc2c1-c1ccc2c(c1)NC(=O)C21CCC(F)CC1. The molecule has 0 saturated heterocycles. The fourth-order valence-corrected chi connectivity index (χ4v) is 5.14. The molecule has 1 aromatic heterocycles. The molecular weight excluding hydrogens is 381 g/mol. The van der Waals surface area contributed by atoms with Gasteiger partial charge >= 0.3 is 0 Å². The largest absolute Gasteiger partial charge is 0.364 e. The maximum Gasteiger partial charge on any atom is 0.235 e. The minimum absolute atomic E-state index is 0.00654. The van der Waals surface area contributed by atoms with Crippen LogP contribution in [0.3, 0.4) is 0 Å². The van der Waals surface area contributed by atoms with Crippen molar-refractivity contribution >= 4 is 28.4 Å². The third-order valence-corrected chi connectivity index (χ3v) is 7.04. The van der Waals surface area contributed by atoms with Gasteiger partial charge in [0.2, 0.25) is 5.91 Å². The molecule has 5 nitrogen and oxygen atoms in total. The number of nitrogens with zero attached hydrogens (tertiary/aromatic N) is 1. The average Bonchev–Trinajstić information content (AvgIpc) is 3.41. The Morgan fingerprint density at radius 3 is 2.73 bits per heavy atom. The van der Waals surface area contributed by atoms with Gasteiger partial charge in [-0.25, -0.2) is 4.39 Å². The number of halogens is 1. The molecule has 0 bridgehead atoms. The second-order valence-corrected chi connectivity index (χ2v) is 9.06. The zero-order valence-corrected chi connectivity index (χ0v) is 16.9. The Hall–Kier alpha value is -2.89. The van der Waals surface area contributed by atoms with E-state index in [2.05, 4.69) is 40.9 Å². The highest BCUT2D eigenvalue weighted by Crippen LogP contribution is 2.49. The van der Waals surface area contributed by atoms with Crippen LogP contribution in [0.2, 0.25) is 0 Å². The number of fused-ring (bicyclic) bond motifs is 3. The number of hydrogen-bond acceptors (Lipinski definition) is 4. The fourth-order valence-electron chi connectivity index (χ4n) is 5.14. The highest BCUT2D eigenvalue weighted by Gasteiger charge is 2.48. The third-order valence-electron chi connectivity index (χ3n) is 7.04. The molecule has 2 saturated carbocycles. The van der Waals surface area contributed by atoms with E-state index < -0.39 is 11.6 Å². The van der Waals surface area contributed by atoms with Gasteiger partial charge in [-0.15, -0.1) is 0 Å². The Labute approximate surface area is 174 Å². The third kappa shape index (κ3) is 2.59. The number of rotatable bonds is 3. The Bertz CT molecular complexity index is 1170. The molecule has 1 spiro atoms. The summed E-state index contributed by atoms with van der Waals surface area (Å²) in [6.07, 6.45) is 3.57. The van der Waals surface area contributed by atoms with E-state index in [1.54, 1.807) is 0 Å². The molecule has 154 valence electrons. The first-order valence-electron chi connectivity index (χ1n) is 10.8. The van der Waals surface area contributed by atoms with Gasteiger partial charge in [-0.3, -0.25) is 4.79 Å². The van der Waals surface area contributed by atoms with Gasteiger partial charge in [0.15, 0.2) is 11.4 Å². The molecule has 1 amide bonds. The Kier molecular flexibility index (Phi) is 3.77. The average molecular weight is 405 g/mol. The number of carbonyl (C=O) groups excluding carboxylic acids is 1. The van der Waals surface area contributed by atoms with E-state index in [-0.39, 0.29) is 5.91 Å². The van der Waals surface area contributed by atoms with Crippen molar-refractivity contribution < 1.29 is 13.7 Å². The van der Waals surface area contributed by atoms with Crippen molar-refractivity contribution in [2.24, 2.45) is 0 Å². The number of aryl methyl sites for hydroxylation is 1. The molecule has 6 heteroatoms. The number of benzene rings is 2. The molecule has 6 rings (SSSR count). The first-order valence-corrected chi connectivity index (χ1v) is 10.8. The van der Waals surface area contributed by atoms with E-state index in [1.165, 1.54) is 12.8 Å². The normalized spacial score (nSPS) is 25.5. The van der Waals surface area contributed by atoms with E-state index in [4.69, 9.17) is 4.52 Å². The van der Waals surface area contributed by atoms with Gasteiger partial charge < -0.3 is 15.2 Å². The van der Waals surface area contributed by atoms with Gasteiger partial charge in [-0.05, 0) is 74.3 Å².